The molecule has 2 aliphatic heterocycles. The van der Waals surface area contributed by atoms with Crippen LogP contribution in [-0.4, -0.2) is 47.9 Å². The predicted molar refractivity (Wildman–Crippen MR) is 117 cm³/mol. The molecule has 2 amide bonds. The number of aromatic nitrogens is 1. The first-order valence-electron chi connectivity index (χ1n) is 11.0. The molecule has 3 heterocycles. The van der Waals surface area contributed by atoms with Gasteiger partial charge in [-0.05, 0) is 49.8 Å². The van der Waals surface area contributed by atoms with Crippen molar-refractivity contribution in [3.8, 4) is 0 Å². The molecule has 1 aromatic heterocycles. The lowest BCUT2D eigenvalue weighted by Crippen LogP contribution is -2.43. The summed E-state index contributed by atoms with van der Waals surface area (Å²) in [4.78, 5) is 34.4. The molecule has 30 heavy (non-hydrogen) atoms. The van der Waals surface area contributed by atoms with Gasteiger partial charge < -0.3 is 15.1 Å². The van der Waals surface area contributed by atoms with E-state index in [0.29, 0.717) is 38.0 Å². The second kappa shape index (κ2) is 9.74. The fourth-order valence-corrected chi connectivity index (χ4v) is 4.37. The van der Waals surface area contributed by atoms with Crippen LogP contribution in [0.3, 0.4) is 0 Å². The number of nitrogens with one attached hydrogen (secondary N) is 1. The highest BCUT2D eigenvalue weighted by Crippen LogP contribution is 2.25. The Hall–Kier alpha value is -2.89. The molecule has 0 atom stereocenters. The zero-order valence-electron chi connectivity index (χ0n) is 17.4. The van der Waals surface area contributed by atoms with E-state index in [0.717, 1.165) is 37.3 Å². The highest BCUT2D eigenvalue weighted by molar-refractivity contribution is 5.99. The first kappa shape index (κ1) is 20.4. The third-order valence-electron chi connectivity index (χ3n) is 6.14. The number of likely N-dealkylation sites (tertiary alicyclic amines) is 1. The van der Waals surface area contributed by atoms with Gasteiger partial charge in [-0.2, -0.15) is 0 Å². The number of rotatable bonds is 5. The van der Waals surface area contributed by atoms with E-state index < -0.39 is 0 Å². The Balaban J connectivity index is 1.33. The molecule has 1 aromatic carbocycles. The maximum Gasteiger partial charge on any atom is 0.257 e. The van der Waals surface area contributed by atoms with Crippen molar-refractivity contribution >= 4 is 17.6 Å². The van der Waals surface area contributed by atoms with Gasteiger partial charge in [0.05, 0.1) is 5.56 Å². The van der Waals surface area contributed by atoms with Crippen molar-refractivity contribution in [2.45, 2.75) is 38.6 Å². The summed E-state index contributed by atoms with van der Waals surface area (Å²) in [6.45, 7) is 3.68. The molecular weight excluding hydrogens is 376 g/mol. The zero-order chi connectivity index (χ0) is 20.8. The van der Waals surface area contributed by atoms with Crippen LogP contribution >= 0.6 is 0 Å². The molecule has 0 unspecified atom stereocenters. The molecule has 2 saturated heterocycles. The number of nitrogens with zero attached hydrogens (tertiary/aromatic N) is 3. The van der Waals surface area contributed by atoms with Crippen LogP contribution in [0.5, 0.6) is 0 Å². The van der Waals surface area contributed by atoms with Crippen molar-refractivity contribution in [1.29, 1.82) is 0 Å². The fourth-order valence-electron chi connectivity index (χ4n) is 4.37. The van der Waals surface area contributed by atoms with Crippen LogP contribution < -0.4 is 10.2 Å². The van der Waals surface area contributed by atoms with E-state index in [1.54, 1.807) is 6.20 Å². The van der Waals surface area contributed by atoms with Gasteiger partial charge in [0.25, 0.3) is 5.91 Å². The summed E-state index contributed by atoms with van der Waals surface area (Å²) in [6.07, 6.45) is 6.70. The Bertz CT molecular complexity index is 857. The van der Waals surface area contributed by atoms with Gasteiger partial charge in [-0.25, -0.2) is 4.98 Å². The second-order valence-electron chi connectivity index (χ2n) is 8.19. The Kier molecular flexibility index (Phi) is 6.62. The molecule has 2 aliphatic rings. The predicted octanol–water partition coefficient (Wildman–Crippen LogP) is 3.24. The first-order chi connectivity index (χ1) is 14.7. The fraction of sp³-hybridized carbons (Fsp3) is 0.458. The average Bonchev–Trinajstić information content (AvgIpc) is 2.83. The molecule has 158 valence electrons. The normalized spacial score (nSPS) is 17.6. The molecule has 0 bridgehead atoms. The summed E-state index contributed by atoms with van der Waals surface area (Å²) in [5.41, 5.74) is 1.78. The number of pyridine rings is 1. The van der Waals surface area contributed by atoms with Crippen LogP contribution in [-0.2, 0) is 11.3 Å². The van der Waals surface area contributed by atoms with E-state index in [1.807, 2.05) is 47.4 Å². The standard InChI is InChI=1S/C24H30N4O2/c29-23(26-18-19-8-3-1-4-9-19)20-11-16-28(17-12-20)24(30)21-10-7-13-25-22(21)27-14-5-2-6-15-27/h1,3-4,7-10,13,20H,2,5-6,11-12,14-18H2,(H,26,29). The minimum atomic E-state index is -0.0341. The monoisotopic (exact) mass is 406 g/mol. The number of hydrogen-bond acceptors (Lipinski definition) is 4. The van der Waals surface area contributed by atoms with E-state index in [4.69, 9.17) is 0 Å². The van der Waals surface area contributed by atoms with Gasteiger partial charge in [-0.15, -0.1) is 0 Å². The molecule has 2 aromatic rings. The minimum absolute atomic E-state index is 0.0341. The molecule has 0 spiro atoms. The molecule has 6 heteroatoms. The van der Waals surface area contributed by atoms with Crippen molar-refractivity contribution in [1.82, 2.24) is 15.2 Å². The van der Waals surface area contributed by atoms with E-state index >= 15 is 0 Å². The van der Waals surface area contributed by atoms with Crippen LogP contribution in [0.1, 0.15) is 48.0 Å². The average molecular weight is 407 g/mol. The SMILES string of the molecule is O=C(NCc1ccccc1)C1CCN(C(=O)c2cccnc2N2CCCCC2)CC1. The summed E-state index contributed by atoms with van der Waals surface area (Å²) < 4.78 is 0. The number of benzene rings is 1. The summed E-state index contributed by atoms with van der Waals surface area (Å²) in [5.74, 6) is 0.895. The third kappa shape index (κ3) is 4.81. The van der Waals surface area contributed by atoms with Gasteiger partial charge in [-0.1, -0.05) is 30.3 Å². The lowest BCUT2D eigenvalue weighted by atomic mass is 9.95. The van der Waals surface area contributed by atoms with Gasteiger partial charge >= 0.3 is 0 Å². The number of anilines is 1. The van der Waals surface area contributed by atoms with Crippen molar-refractivity contribution in [2.24, 2.45) is 5.92 Å². The van der Waals surface area contributed by atoms with E-state index in [9.17, 15) is 9.59 Å². The van der Waals surface area contributed by atoms with Crippen LogP contribution in [0, 0.1) is 5.92 Å². The van der Waals surface area contributed by atoms with Crippen LogP contribution in [0.4, 0.5) is 5.82 Å². The molecule has 2 fully saturated rings. The minimum Gasteiger partial charge on any atom is -0.356 e. The summed E-state index contributed by atoms with van der Waals surface area (Å²) >= 11 is 0. The van der Waals surface area contributed by atoms with Crippen molar-refractivity contribution in [3.63, 3.8) is 0 Å². The first-order valence-corrected chi connectivity index (χ1v) is 11.0. The highest BCUT2D eigenvalue weighted by Gasteiger charge is 2.29. The molecule has 6 nitrogen and oxygen atoms in total. The van der Waals surface area contributed by atoms with Crippen molar-refractivity contribution in [3.05, 3.63) is 59.8 Å². The summed E-state index contributed by atoms with van der Waals surface area (Å²) in [6, 6.07) is 13.7. The van der Waals surface area contributed by atoms with Crippen LogP contribution in [0.2, 0.25) is 0 Å². The molecule has 0 aliphatic carbocycles. The van der Waals surface area contributed by atoms with Gasteiger partial charge in [0.1, 0.15) is 5.82 Å². The van der Waals surface area contributed by atoms with Gasteiger partial charge in [-0.3, -0.25) is 9.59 Å². The number of hydrogen-bond donors (Lipinski definition) is 1. The quantitative estimate of drug-likeness (QED) is 0.828. The van der Waals surface area contributed by atoms with E-state index in [1.165, 1.54) is 6.42 Å². The maximum absolute atomic E-state index is 13.2. The van der Waals surface area contributed by atoms with Gasteiger partial charge in [0.15, 0.2) is 0 Å². The Morgan fingerprint density at radius 1 is 0.933 bits per heavy atom. The lowest BCUT2D eigenvalue weighted by molar-refractivity contribution is -0.126. The Labute approximate surface area is 178 Å². The number of amides is 2. The molecule has 1 N–H and O–H groups in total. The lowest BCUT2D eigenvalue weighted by Gasteiger charge is -2.33. The van der Waals surface area contributed by atoms with E-state index in [2.05, 4.69) is 15.2 Å². The molecular formula is C24H30N4O2. The molecule has 0 saturated carbocycles. The van der Waals surface area contributed by atoms with Gasteiger partial charge in [0.2, 0.25) is 5.91 Å². The zero-order valence-corrected chi connectivity index (χ0v) is 17.4. The number of piperidine rings is 2. The Morgan fingerprint density at radius 2 is 1.67 bits per heavy atom. The smallest absolute Gasteiger partial charge is 0.257 e. The van der Waals surface area contributed by atoms with Crippen LogP contribution in [0.25, 0.3) is 0 Å². The molecule has 4 rings (SSSR count). The summed E-state index contributed by atoms with van der Waals surface area (Å²) in [7, 11) is 0. The highest BCUT2D eigenvalue weighted by atomic mass is 16.2. The largest absolute Gasteiger partial charge is 0.356 e. The van der Waals surface area contributed by atoms with Crippen molar-refractivity contribution < 1.29 is 9.59 Å². The second-order valence-corrected chi connectivity index (χ2v) is 8.19. The van der Waals surface area contributed by atoms with Crippen LogP contribution in [0.15, 0.2) is 48.7 Å². The topological polar surface area (TPSA) is 65.5 Å². The maximum atomic E-state index is 13.2. The molecule has 0 radical (unpaired) electrons. The summed E-state index contributed by atoms with van der Waals surface area (Å²) in [5, 5.41) is 3.04. The van der Waals surface area contributed by atoms with Gasteiger partial charge in [0, 0.05) is 44.8 Å². The van der Waals surface area contributed by atoms with Crippen molar-refractivity contribution in [2.75, 3.05) is 31.1 Å². The Morgan fingerprint density at radius 3 is 2.40 bits per heavy atom. The van der Waals surface area contributed by atoms with E-state index in [-0.39, 0.29) is 17.7 Å². The number of carbonyl (C=O) groups excluding carboxylic acids is 2. The number of carbonyl (C=O) groups is 2. The third-order valence-corrected chi connectivity index (χ3v) is 6.14.